The number of hydrogen-bond acceptors (Lipinski definition) is 6. The van der Waals surface area contributed by atoms with Crippen molar-refractivity contribution in [2.24, 2.45) is 0 Å². The smallest absolute Gasteiger partial charge is 0.410 e. The number of pyridine rings is 1. The maximum Gasteiger partial charge on any atom is 0.410 e. The van der Waals surface area contributed by atoms with E-state index in [1.54, 1.807) is 29.5 Å². The van der Waals surface area contributed by atoms with Gasteiger partial charge in [0, 0.05) is 66.1 Å². The molecule has 0 bridgehead atoms. The fourth-order valence-electron chi connectivity index (χ4n) is 4.62. The molecule has 0 unspecified atom stereocenters. The van der Waals surface area contributed by atoms with Crippen LogP contribution in [0.2, 0.25) is 0 Å². The number of nitrogens with zero attached hydrogens (tertiary/aromatic N) is 6. The van der Waals surface area contributed by atoms with E-state index in [1.807, 2.05) is 75.1 Å². The molecule has 0 atom stereocenters. The van der Waals surface area contributed by atoms with E-state index in [1.165, 1.54) is 0 Å². The molecule has 8 nitrogen and oxygen atoms in total. The van der Waals surface area contributed by atoms with Crippen LogP contribution >= 0.6 is 11.3 Å². The molecule has 0 spiro atoms. The predicted octanol–water partition coefficient (Wildman–Crippen LogP) is 7.37. The first kappa shape index (κ1) is 26.5. The minimum absolute atomic E-state index is 0.348. The highest BCUT2D eigenvalue weighted by Gasteiger charge is 2.20. The Balaban J connectivity index is 1.30. The van der Waals surface area contributed by atoms with E-state index in [4.69, 9.17) is 9.72 Å². The molecule has 41 heavy (non-hydrogen) atoms. The van der Waals surface area contributed by atoms with Gasteiger partial charge in [0.2, 0.25) is 0 Å². The van der Waals surface area contributed by atoms with Crippen LogP contribution in [-0.2, 0) is 11.3 Å². The van der Waals surface area contributed by atoms with Crippen LogP contribution in [0.15, 0.2) is 96.9 Å². The number of imidazole rings is 1. The first-order valence-corrected chi connectivity index (χ1v) is 14.2. The van der Waals surface area contributed by atoms with Crippen LogP contribution in [0, 0.1) is 0 Å². The average Bonchev–Trinajstić information content (AvgIpc) is 3.72. The number of thiazole rings is 1. The second-order valence-electron chi connectivity index (χ2n) is 10.8. The molecule has 0 saturated carbocycles. The van der Waals surface area contributed by atoms with E-state index in [-0.39, 0.29) is 6.09 Å². The summed E-state index contributed by atoms with van der Waals surface area (Å²) in [6, 6.07) is 22.5. The van der Waals surface area contributed by atoms with Gasteiger partial charge < -0.3 is 14.2 Å². The Kier molecular flexibility index (Phi) is 6.88. The molecular weight excluding hydrogens is 532 g/mol. The zero-order chi connectivity index (χ0) is 28.6. The van der Waals surface area contributed by atoms with Gasteiger partial charge in [-0.05, 0) is 80.9 Å². The molecular formula is C32H30N6O2S. The van der Waals surface area contributed by atoms with Gasteiger partial charge in [-0.3, -0.25) is 4.57 Å². The molecule has 0 aliphatic carbocycles. The number of carbonyl (C=O) groups excluding carboxylic acids is 1. The molecule has 0 aliphatic heterocycles. The van der Waals surface area contributed by atoms with Crippen molar-refractivity contribution in [3.63, 3.8) is 0 Å². The lowest BCUT2D eigenvalue weighted by atomic mass is 10.1. The number of hydrogen-bond donors (Lipinski definition) is 0. The molecule has 1 amide bonds. The number of ether oxygens (including phenoxy) is 1. The Bertz CT molecular complexity index is 1800. The lowest BCUT2D eigenvalue weighted by Crippen LogP contribution is -2.33. The summed E-state index contributed by atoms with van der Waals surface area (Å²) >= 11 is 1.56. The zero-order valence-electron chi connectivity index (χ0n) is 23.4. The summed E-state index contributed by atoms with van der Waals surface area (Å²) in [4.78, 5) is 28.0. The lowest BCUT2D eigenvalue weighted by Gasteiger charge is -2.24. The Hall–Kier alpha value is -4.76. The Morgan fingerprint density at radius 2 is 1.66 bits per heavy atom. The van der Waals surface area contributed by atoms with E-state index in [0.717, 1.165) is 50.1 Å². The molecule has 2 aromatic carbocycles. The largest absolute Gasteiger partial charge is 0.444 e. The second kappa shape index (κ2) is 10.7. The number of carbonyl (C=O) groups is 1. The van der Waals surface area contributed by atoms with Gasteiger partial charge in [0.25, 0.3) is 0 Å². The number of fused-ring (bicyclic) bond motifs is 1. The maximum atomic E-state index is 12.4. The van der Waals surface area contributed by atoms with Crippen molar-refractivity contribution in [2.45, 2.75) is 32.9 Å². The summed E-state index contributed by atoms with van der Waals surface area (Å²) < 4.78 is 9.65. The van der Waals surface area contributed by atoms with Gasteiger partial charge in [-0.25, -0.2) is 19.7 Å². The SMILES string of the molecule is CN(Cc1ccc(-n2cc(-c3nccs3)nc2-c2ccc(-n3ccc4cccnc43)cc2)cc1)C(=O)OC(C)(C)C. The lowest BCUT2D eigenvalue weighted by molar-refractivity contribution is 0.0285. The molecule has 0 radical (unpaired) electrons. The molecule has 0 saturated heterocycles. The van der Waals surface area contributed by atoms with Crippen LogP contribution in [0.1, 0.15) is 26.3 Å². The van der Waals surface area contributed by atoms with Crippen LogP contribution in [0.5, 0.6) is 0 Å². The fraction of sp³-hybridized carbons (Fsp3) is 0.188. The number of aromatic nitrogens is 5. The molecule has 0 N–H and O–H groups in total. The van der Waals surface area contributed by atoms with Crippen LogP contribution in [0.3, 0.4) is 0 Å². The third kappa shape index (κ3) is 5.62. The molecule has 6 aromatic rings. The average molecular weight is 563 g/mol. The predicted molar refractivity (Wildman–Crippen MR) is 162 cm³/mol. The molecule has 0 aliphatic rings. The molecule has 0 fully saturated rings. The van der Waals surface area contributed by atoms with Crippen molar-refractivity contribution in [2.75, 3.05) is 7.05 Å². The van der Waals surface area contributed by atoms with Crippen molar-refractivity contribution < 1.29 is 9.53 Å². The van der Waals surface area contributed by atoms with Crippen LogP contribution < -0.4 is 0 Å². The van der Waals surface area contributed by atoms with E-state index in [9.17, 15) is 4.79 Å². The summed E-state index contributed by atoms with van der Waals surface area (Å²) in [7, 11) is 1.74. The third-order valence-electron chi connectivity index (χ3n) is 6.55. The van der Waals surface area contributed by atoms with Crippen molar-refractivity contribution in [3.8, 4) is 33.5 Å². The van der Waals surface area contributed by atoms with E-state index in [2.05, 4.69) is 55.5 Å². The van der Waals surface area contributed by atoms with Crippen LogP contribution in [-0.4, -0.2) is 47.7 Å². The van der Waals surface area contributed by atoms with Gasteiger partial charge in [-0.2, -0.15) is 0 Å². The zero-order valence-corrected chi connectivity index (χ0v) is 24.2. The number of amides is 1. The molecule has 9 heteroatoms. The topological polar surface area (TPSA) is 78.1 Å². The Labute approximate surface area is 242 Å². The maximum absolute atomic E-state index is 12.4. The quantitative estimate of drug-likeness (QED) is 0.212. The van der Waals surface area contributed by atoms with Gasteiger partial charge in [0.05, 0.1) is 0 Å². The van der Waals surface area contributed by atoms with Gasteiger partial charge in [-0.1, -0.05) is 12.1 Å². The first-order chi connectivity index (χ1) is 19.7. The summed E-state index contributed by atoms with van der Waals surface area (Å²) in [5.41, 5.74) is 5.17. The standard InChI is InChI=1S/C32H30N6O2S/c1-32(2,3)40-31(39)36(4)20-22-7-11-26(12-8-22)38-21-27(30-34-17-19-41-30)35-29(38)24-9-13-25(14-10-24)37-18-15-23-6-5-16-33-28(23)37/h5-19,21H,20H2,1-4H3. The van der Waals surface area contributed by atoms with Crippen molar-refractivity contribution in [1.82, 2.24) is 29.0 Å². The highest BCUT2D eigenvalue weighted by Crippen LogP contribution is 2.30. The van der Waals surface area contributed by atoms with Gasteiger partial charge in [-0.15, -0.1) is 11.3 Å². The van der Waals surface area contributed by atoms with E-state index < -0.39 is 5.60 Å². The summed E-state index contributed by atoms with van der Waals surface area (Å²) in [5, 5.41) is 3.91. The number of benzene rings is 2. The van der Waals surface area contributed by atoms with Crippen molar-refractivity contribution in [3.05, 3.63) is 102 Å². The number of rotatable bonds is 6. The van der Waals surface area contributed by atoms with Gasteiger partial charge in [0.1, 0.15) is 27.8 Å². The minimum atomic E-state index is -0.535. The molecule has 6 rings (SSSR count). The van der Waals surface area contributed by atoms with Gasteiger partial charge in [0.15, 0.2) is 0 Å². The summed E-state index contributed by atoms with van der Waals surface area (Å²) in [6.45, 7) is 6.04. The van der Waals surface area contributed by atoms with Gasteiger partial charge >= 0.3 is 6.09 Å². The van der Waals surface area contributed by atoms with Crippen molar-refractivity contribution >= 4 is 28.5 Å². The van der Waals surface area contributed by atoms with Crippen LogP contribution in [0.25, 0.3) is 44.5 Å². The highest BCUT2D eigenvalue weighted by atomic mass is 32.1. The molecule has 206 valence electrons. The monoisotopic (exact) mass is 562 g/mol. The normalized spacial score (nSPS) is 11.6. The third-order valence-corrected chi connectivity index (χ3v) is 7.34. The molecule has 4 heterocycles. The summed E-state index contributed by atoms with van der Waals surface area (Å²) in [5.74, 6) is 0.816. The first-order valence-electron chi connectivity index (χ1n) is 13.3. The van der Waals surface area contributed by atoms with E-state index >= 15 is 0 Å². The second-order valence-corrected chi connectivity index (χ2v) is 11.7. The fourth-order valence-corrected chi connectivity index (χ4v) is 5.21. The molecule has 4 aromatic heterocycles. The van der Waals surface area contributed by atoms with Crippen molar-refractivity contribution in [1.29, 1.82) is 0 Å². The highest BCUT2D eigenvalue weighted by molar-refractivity contribution is 7.13. The Morgan fingerprint density at radius 3 is 2.37 bits per heavy atom. The van der Waals surface area contributed by atoms with E-state index in [0.29, 0.717) is 6.54 Å². The van der Waals surface area contributed by atoms with Crippen LogP contribution in [0.4, 0.5) is 4.79 Å². The summed E-state index contributed by atoms with van der Waals surface area (Å²) in [6.07, 6.45) is 7.31. The minimum Gasteiger partial charge on any atom is -0.444 e. The Morgan fingerprint density at radius 1 is 0.927 bits per heavy atom.